The number of aryl methyl sites for hydroxylation is 1. The summed E-state index contributed by atoms with van der Waals surface area (Å²) in [5.74, 6) is 0. The highest BCUT2D eigenvalue weighted by atomic mass is 14.9. The minimum Gasteiger partial charge on any atom is -0.343 e. The third-order valence-electron chi connectivity index (χ3n) is 5.76. The Hall–Kier alpha value is -3.32. The topological polar surface area (TPSA) is 4.93 Å². The molecule has 0 unspecified atom stereocenters. The van der Waals surface area contributed by atoms with E-state index in [1.807, 2.05) is 27.7 Å². The van der Waals surface area contributed by atoms with Crippen molar-refractivity contribution in [2.75, 3.05) is 0 Å². The number of para-hydroxylation sites is 1. The van der Waals surface area contributed by atoms with Gasteiger partial charge in [0.2, 0.25) is 0 Å². The molecule has 1 nitrogen and oxygen atoms in total. The maximum Gasteiger partial charge on any atom is 0.0581 e. The van der Waals surface area contributed by atoms with Gasteiger partial charge in [0, 0.05) is 28.7 Å². The van der Waals surface area contributed by atoms with Gasteiger partial charge in [-0.15, -0.1) is 0 Å². The lowest BCUT2D eigenvalue weighted by molar-refractivity contribution is 1.02. The first kappa shape index (κ1) is 20.0. The summed E-state index contributed by atoms with van der Waals surface area (Å²) in [5, 5.41) is 10.7. The van der Waals surface area contributed by atoms with Crippen molar-refractivity contribution in [2.45, 2.75) is 27.7 Å². The van der Waals surface area contributed by atoms with Crippen LogP contribution in [0.4, 0.5) is 0 Å². The lowest BCUT2D eigenvalue weighted by atomic mass is 9.93. The van der Waals surface area contributed by atoms with Gasteiger partial charge in [-0.2, -0.15) is 0 Å². The number of fused-ring (bicyclic) bond motifs is 10. The van der Waals surface area contributed by atoms with E-state index in [1.54, 1.807) is 0 Å². The SMILES string of the molecule is CC.CC.Cn1c2ccccc2c2c3ccccc3c3ccc4ccccc4c3c21. The second kappa shape index (κ2) is 8.20. The summed E-state index contributed by atoms with van der Waals surface area (Å²) in [7, 11) is 2.20. The minimum atomic E-state index is 1.29. The molecule has 0 aliphatic rings. The van der Waals surface area contributed by atoms with Crippen LogP contribution in [0.3, 0.4) is 0 Å². The number of nitrogens with zero attached hydrogens (tertiary/aromatic N) is 1. The largest absolute Gasteiger partial charge is 0.343 e. The second-order valence-electron chi connectivity index (χ2n) is 7.05. The van der Waals surface area contributed by atoms with Crippen LogP contribution in [-0.2, 0) is 7.05 Å². The third-order valence-corrected chi connectivity index (χ3v) is 5.76. The number of hydrogen-bond donors (Lipinski definition) is 0. The average molecular weight is 392 g/mol. The summed E-state index contributed by atoms with van der Waals surface area (Å²) < 4.78 is 2.37. The molecule has 150 valence electrons. The number of aromatic nitrogens is 1. The Kier molecular flexibility index (Phi) is 5.46. The van der Waals surface area contributed by atoms with E-state index in [0.29, 0.717) is 0 Å². The van der Waals surface area contributed by atoms with E-state index in [0.717, 1.165) is 0 Å². The van der Waals surface area contributed by atoms with Crippen molar-refractivity contribution < 1.29 is 0 Å². The molecule has 0 N–H and O–H groups in total. The molecule has 0 atom stereocenters. The summed E-state index contributed by atoms with van der Waals surface area (Å²) in [6, 6.07) is 30.8. The van der Waals surface area contributed by atoms with Gasteiger partial charge in [-0.05, 0) is 33.0 Å². The number of benzene rings is 5. The lowest BCUT2D eigenvalue weighted by Crippen LogP contribution is -1.90. The molecule has 0 fully saturated rings. The van der Waals surface area contributed by atoms with Gasteiger partial charge in [0.05, 0.1) is 5.52 Å². The molecule has 0 aliphatic heterocycles. The van der Waals surface area contributed by atoms with Crippen LogP contribution in [0.25, 0.3) is 54.1 Å². The first-order valence-electron chi connectivity index (χ1n) is 11.0. The smallest absolute Gasteiger partial charge is 0.0581 e. The summed E-state index contributed by atoms with van der Waals surface area (Å²) >= 11 is 0. The average Bonchev–Trinajstić information content (AvgIpc) is 3.14. The highest BCUT2D eigenvalue weighted by molar-refractivity contribution is 6.35. The van der Waals surface area contributed by atoms with E-state index in [4.69, 9.17) is 0 Å². The maximum atomic E-state index is 2.37. The van der Waals surface area contributed by atoms with Crippen LogP contribution >= 0.6 is 0 Å². The zero-order valence-corrected chi connectivity index (χ0v) is 18.5. The Balaban J connectivity index is 0.000000516. The molecule has 6 rings (SSSR count). The molecule has 1 aromatic heterocycles. The van der Waals surface area contributed by atoms with Crippen LogP contribution in [-0.4, -0.2) is 4.57 Å². The molecule has 30 heavy (non-hydrogen) atoms. The van der Waals surface area contributed by atoms with E-state index in [1.165, 1.54) is 54.1 Å². The molecule has 0 radical (unpaired) electrons. The number of hydrogen-bond acceptors (Lipinski definition) is 0. The van der Waals surface area contributed by atoms with E-state index in [9.17, 15) is 0 Å². The lowest BCUT2D eigenvalue weighted by Gasteiger charge is -2.12. The van der Waals surface area contributed by atoms with Crippen LogP contribution < -0.4 is 0 Å². The number of rotatable bonds is 0. The Morgan fingerprint density at radius 1 is 0.467 bits per heavy atom. The van der Waals surface area contributed by atoms with E-state index in [2.05, 4.69) is 96.5 Å². The fraction of sp³-hybridized carbons (Fsp3) is 0.172. The van der Waals surface area contributed by atoms with Gasteiger partial charge in [0.25, 0.3) is 0 Å². The summed E-state index contributed by atoms with van der Waals surface area (Å²) in [5.41, 5.74) is 2.62. The first-order valence-corrected chi connectivity index (χ1v) is 11.0. The fourth-order valence-corrected chi connectivity index (χ4v) is 4.65. The van der Waals surface area contributed by atoms with E-state index in [-0.39, 0.29) is 0 Å². The molecule has 0 spiro atoms. The zero-order chi connectivity index (χ0) is 21.3. The fourth-order valence-electron chi connectivity index (χ4n) is 4.65. The van der Waals surface area contributed by atoms with Gasteiger partial charge in [-0.1, -0.05) is 107 Å². The van der Waals surface area contributed by atoms with Crippen molar-refractivity contribution in [3.05, 3.63) is 84.9 Å². The van der Waals surface area contributed by atoms with Crippen LogP contribution in [0, 0.1) is 0 Å². The summed E-state index contributed by atoms with van der Waals surface area (Å²) in [6.07, 6.45) is 0. The van der Waals surface area contributed by atoms with Crippen molar-refractivity contribution in [1.29, 1.82) is 0 Å². The second-order valence-corrected chi connectivity index (χ2v) is 7.05. The molecule has 0 saturated heterocycles. The quantitative estimate of drug-likeness (QED) is 0.228. The van der Waals surface area contributed by atoms with Gasteiger partial charge in [0.1, 0.15) is 0 Å². The van der Waals surface area contributed by atoms with Crippen LogP contribution in [0.2, 0.25) is 0 Å². The van der Waals surface area contributed by atoms with Gasteiger partial charge in [-0.25, -0.2) is 0 Å². The zero-order valence-electron chi connectivity index (χ0n) is 18.5. The highest BCUT2D eigenvalue weighted by Gasteiger charge is 2.17. The minimum absolute atomic E-state index is 1.29. The van der Waals surface area contributed by atoms with Gasteiger partial charge < -0.3 is 4.57 Å². The van der Waals surface area contributed by atoms with Gasteiger partial charge in [-0.3, -0.25) is 0 Å². The van der Waals surface area contributed by atoms with Gasteiger partial charge >= 0.3 is 0 Å². The Morgan fingerprint density at radius 3 is 1.70 bits per heavy atom. The molecule has 0 amide bonds. The summed E-state index contributed by atoms with van der Waals surface area (Å²) in [6.45, 7) is 8.00. The first-order chi connectivity index (χ1) is 14.8. The standard InChI is InChI=1S/C25H17N.2C2H6/c1-26-22-13-7-6-12-21(22)24-19-11-5-4-10-18(19)20-15-14-16-8-2-3-9-17(16)23(20)25(24)26;2*1-2/h2-15H,1H3;2*1-2H3. The van der Waals surface area contributed by atoms with Crippen molar-refractivity contribution in [3.8, 4) is 0 Å². The monoisotopic (exact) mass is 391 g/mol. The molecular formula is C29H29N. The molecule has 1 heteroatoms. The third kappa shape index (κ3) is 2.77. The maximum absolute atomic E-state index is 2.37. The van der Waals surface area contributed by atoms with Crippen molar-refractivity contribution in [1.82, 2.24) is 4.57 Å². The van der Waals surface area contributed by atoms with E-state index >= 15 is 0 Å². The van der Waals surface area contributed by atoms with Gasteiger partial charge in [0.15, 0.2) is 0 Å². The molecule has 0 bridgehead atoms. The van der Waals surface area contributed by atoms with Crippen LogP contribution in [0.5, 0.6) is 0 Å². The molecule has 6 aromatic rings. The van der Waals surface area contributed by atoms with Crippen molar-refractivity contribution in [2.24, 2.45) is 7.05 Å². The Morgan fingerprint density at radius 2 is 0.967 bits per heavy atom. The summed E-state index contributed by atoms with van der Waals surface area (Å²) in [4.78, 5) is 0. The molecule has 5 aromatic carbocycles. The molecule has 1 heterocycles. The molecular weight excluding hydrogens is 362 g/mol. The predicted octanol–water partition coefficient (Wildman–Crippen LogP) is 8.84. The highest BCUT2D eigenvalue weighted by Crippen LogP contribution is 2.42. The normalized spacial score (nSPS) is 10.8. The Bertz CT molecular complexity index is 1480. The van der Waals surface area contributed by atoms with Crippen LogP contribution in [0.1, 0.15) is 27.7 Å². The molecule has 0 saturated carbocycles. The van der Waals surface area contributed by atoms with E-state index < -0.39 is 0 Å². The van der Waals surface area contributed by atoms with Crippen LogP contribution in [0.15, 0.2) is 84.9 Å². The van der Waals surface area contributed by atoms with Crippen molar-refractivity contribution in [3.63, 3.8) is 0 Å². The molecule has 0 aliphatic carbocycles. The predicted molar refractivity (Wildman–Crippen MR) is 136 cm³/mol. The Labute approximate surface area is 178 Å². The van der Waals surface area contributed by atoms with Crippen molar-refractivity contribution >= 4 is 54.1 Å².